The van der Waals surface area contributed by atoms with Crippen LogP contribution in [0, 0.1) is 12.7 Å². The molecule has 0 bridgehead atoms. The van der Waals surface area contributed by atoms with E-state index in [1.807, 2.05) is 0 Å². The molecule has 0 atom stereocenters. The number of hydrogen-bond donors (Lipinski definition) is 2. The molecule has 21 heavy (non-hydrogen) atoms. The molecule has 9 heteroatoms. The van der Waals surface area contributed by atoms with Gasteiger partial charge in [0, 0.05) is 0 Å². The van der Waals surface area contributed by atoms with Crippen LogP contribution in [-0.4, -0.2) is 19.5 Å². The number of thiophene rings is 1. The smallest absolute Gasteiger partial charge is 0.345 e. The highest BCUT2D eigenvalue weighted by Crippen LogP contribution is 2.33. The average Bonchev–Trinajstić information content (AvgIpc) is 2.77. The molecule has 2 aromatic rings. The van der Waals surface area contributed by atoms with E-state index < -0.39 is 21.8 Å². The third-order valence-electron chi connectivity index (χ3n) is 2.60. The maximum Gasteiger partial charge on any atom is 0.345 e. The minimum absolute atomic E-state index is 0.102. The van der Waals surface area contributed by atoms with E-state index in [1.165, 1.54) is 12.1 Å². The lowest BCUT2D eigenvalue weighted by Crippen LogP contribution is -2.13. The van der Waals surface area contributed by atoms with Gasteiger partial charge in [-0.1, -0.05) is 6.07 Å². The molecule has 2 N–H and O–H groups in total. The van der Waals surface area contributed by atoms with Gasteiger partial charge in [-0.15, -0.1) is 11.3 Å². The number of aromatic carboxylic acids is 1. The molecule has 0 spiro atoms. The lowest BCUT2D eigenvalue weighted by molar-refractivity contribution is 0.0702. The molecule has 0 fully saturated rings. The van der Waals surface area contributed by atoms with Gasteiger partial charge in [-0.2, -0.15) is 0 Å². The van der Waals surface area contributed by atoms with Gasteiger partial charge in [0.1, 0.15) is 15.6 Å². The van der Waals surface area contributed by atoms with Crippen molar-refractivity contribution in [1.29, 1.82) is 0 Å². The maximum absolute atomic E-state index is 13.2. The van der Waals surface area contributed by atoms with Gasteiger partial charge in [-0.25, -0.2) is 17.6 Å². The van der Waals surface area contributed by atoms with Crippen LogP contribution < -0.4 is 4.72 Å². The fourth-order valence-corrected chi connectivity index (χ4v) is 5.07. The Bertz CT molecular complexity index is 817. The highest BCUT2D eigenvalue weighted by Gasteiger charge is 2.23. The van der Waals surface area contributed by atoms with Gasteiger partial charge >= 0.3 is 5.97 Å². The molecular formula is C12H9BrFNO4S2. The minimum atomic E-state index is -4.01. The zero-order valence-corrected chi connectivity index (χ0v) is 13.8. The number of carbonyl (C=O) groups is 1. The van der Waals surface area contributed by atoms with Crippen LogP contribution in [0.25, 0.3) is 0 Å². The molecule has 1 aromatic heterocycles. The van der Waals surface area contributed by atoms with E-state index in [0.717, 1.165) is 23.5 Å². The van der Waals surface area contributed by atoms with Gasteiger partial charge in [-0.05, 0) is 46.6 Å². The molecule has 1 aromatic carbocycles. The van der Waals surface area contributed by atoms with Crippen LogP contribution in [-0.2, 0) is 10.0 Å². The number of carboxylic acid groups (broad SMARTS) is 1. The quantitative estimate of drug-likeness (QED) is 0.832. The van der Waals surface area contributed by atoms with Crippen molar-refractivity contribution in [2.45, 2.75) is 11.8 Å². The van der Waals surface area contributed by atoms with E-state index >= 15 is 0 Å². The van der Waals surface area contributed by atoms with Crippen molar-refractivity contribution < 1.29 is 22.7 Å². The predicted molar refractivity (Wildman–Crippen MR) is 80.9 cm³/mol. The highest BCUT2D eigenvalue weighted by molar-refractivity contribution is 9.11. The standard InChI is InChI=1S/C12H9BrFNO4S2/c1-6-2-3-7(14)4-8(6)15-21(18,19)10-5-9(12(16)17)20-11(10)13/h2-5,15H,1H3,(H,16,17). The highest BCUT2D eigenvalue weighted by atomic mass is 79.9. The summed E-state index contributed by atoms with van der Waals surface area (Å²) >= 11 is 3.82. The Labute approximate surface area is 132 Å². The first-order valence-electron chi connectivity index (χ1n) is 5.52. The van der Waals surface area contributed by atoms with E-state index in [0.29, 0.717) is 5.56 Å². The molecule has 0 aliphatic carbocycles. The van der Waals surface area contributed by atoms with E-state index in [4.69, 9.17) is 5.11 Å². The van der Waals surface area contributed by atoms with Crippen LogP contribution in [0.15, 0.2) is 32.9 Å². The Morgan fingerprint density at radius 2 is 2.05 bits per heavy atom. The number of anilines is 1. The summed E-state index contributed by atoms with van der Waals surface area (Å²) in [5.41, 5.74) is 0.648. The zero-order chi connectivity index (χ0) is 15.8. The summed E-state index contributed by atoms with van der Waals surface area (Å²) in [4.78, 5) is 10.6. The number of carboxylic acids is 1. The third-order valence-corrected chi connectivity index (χ3v) is 6.21. The maximum atomic E-state index is 13.2. The number of aryl methyl sites for hydroxylation is 1. The van der Waals surface area contributed by atoms with Crippen LogP contribution in [0.1, 0.15) is 15.2 Å². The first kappa shape index (κ1) is 15.9. The zero-order valence-electron chi connectivity index (χ0n) is 10.6. The van der Waals surface area contributed by atoms with Crippen molar-refractivity contribution in [3.8, 4) is 0 Å². The number of nitrogens with one attached hydrogen (secondary N) is 1. The van der Waals surface area contributed by atoms with Crippen LogP contribution >= 0.6 is 27.3 Å². The van der Waals surface area contributed by atoms with E-state index in [9.17, 15) is 17.6 Å². The summed E-state index contributed by atoms with van der Waals surface area (Å²) in [6.07, 6.45) is 0. The van der Waals surface area contributed by atoms with Crippen LogP contribution in [0.5, 0.6) is 0 Å². The number of halogens is 2. The summed E-state index contributed by atoms with van der Waals surface area (Å²) in [6.45, 7) is 1.63. The number of hydrogen-bond acceptors (Lipinski definition) is 4. The van der Waals surface area contributed by atoms with Crippen LogP contribution in [0.2, 0.25) is 0 Å². The summed E-state index contributed by atoms with van der Waals surface area (Å²) in [5, 5.41) is 8.88. The van der Waals surface area contributed by atoms with Gasteiger partial charge in [0.25, 0.3) is 10.0 Å². The van der Waals surface area contributed by atoms with E-state index in [1.54, 1.807) is 6.92 Å². The summed E-state index contributed by atoms with van der Waals surface area (Å²) in [6, 6.07) is 4.77. The summed E-state index contributed by atoms with van der Waals surface area (Å²) in [7, 11) is -4.01. The molecule has 0 aliphatic heterocycles. The predicted octanol–water partition coefficient (Wildman–Crippen LogP) is 3.46. The summed E-state index contributed by atoms with van der Waals surface area (Å²) < 4.78 is 40.2. The van der Waals surface area contributed by atoms with Gasteiger partial charge < -0.3 is 5.11 Å². The molecule has 0 unspecified atom stereocenters. The molecule has 0 saturated heterocycles. The van der Waals surface area contributed by atoms with Crippen molar-refractivity contribution in [2.75, 3.05) is 4.72 Å². The number of sulfonamides is 1. The molecule has 112 valence electrons. The lowest BCUT2D eigenvalue weighted by atomic mass is 10.2. The van der Waals surface area contributed by atoms with Gasteiger partial charge in [-0.3, -0.25) is 4.72 Å². The Morgan fingerprint density at radius 1 is 1.38 bits per heavy atom. The van der Waals surface area contributed by atoms with Crippen molar-refractivity contribution >= 4 is 48.9 Å². The first-order valence-corrected chi connectivity index (χ1v) is 8.61. The molecule has 2 rings (SSSR count). The second-order valence-corrected chi connectivity index (χ2v) is 8.14. The molecule has 1 heterocycles. The molecule has 0 saturated carbocycles. The Kier molecular flexibility index (Phi) is 4.35. The van der Waals surface area contributed by atoms with Gasteiger partial charge in [0.05, 0.1) is 9.47 Å². The van der Waals surface area contributed by atoms with Crippen molar-refractivity contribution in [3.05, 3.63) is 44.3 Å². The molecular weight excluding hydrogens is 385 g/mol. The topological polar surface area (TPSA) is 83.5 Å². The first-order chi connectivity index (χ1) is 9.70. The Balaban J connectivity index is 2.43. The molecule has 0 aliphatic rings. The molecule has 5 nitrogen and oxygen atoms in total. The third kappa shape index (κ3) is 3.42. The number of benzene rings is 1. The fourth-order valence-electron chi connectivity index (χ4n) is 1.54. The second-order valence-electron chi connectivity index (χ2n) is 4.12. The van der Waals surface area contributed by atoms with Gasteiger partial charge in [0.15, 0.2) is 0 Å². The average molecular weight is 394 g/mol. The van der Waals surface area contributed by atoms with Crippen molar-refractivity contribution in [1.82, 2.24) is 0 Å². The summed E-state index contributed by atoms with van der Waals surface area (Å²) in [5.74, 6) is -1.79. The van der Waals surface area contributed by atoms with Crippen LogP contribution in [0.4, 0.5) is 10.1 Å². The molecule has 0 amide bonds. The SMILES string of the molecule is Cc1ccc(F)cc1NS(=O)(=O)c1cc(C(=O)O)sc1Br. The number of rotatable bonds is 4. The minimum Gasteiger partial charge on any atom is -0.477 e. The van der Waals surface area contributed by atoms with E-state index in [2.05, 4.69) is 20.7 Å². The Morgan fingerprint density at radius 3 is 2.62 bits per heavy atom. The lowest BCUT2D eigenvalue weighted by Gasteiger charge is -2.09. The monoisotopic (exact) mass is 393 g/mol. The van der Waals surface area contributed by atoms with Gasteiger partial charge in [0.2, 0.25) is 0 Å². The Hall–Kier alpha value is -1.45. The van der Waals surface area contributed by atoms with Crippen molar-refractivity contribution in [3.63, 3.8) is 0 Å². The fraction of sp³-hybridized carbons (Fsp3) is 0.0833. The van der Waals surface area contributed by atoms with Crippen LogP contribution in [0.3, 0.4) is 0 Å². The largest absolute Gasteiger partial charge is 0.477 e. The van der Waals surface area contributed by atoms with Crippen molar-refractivity contribution in [2.24, 2.45) is 0 Å². The second kappa shape index (κ2) is 5.74. The normalized spacial score (nSPS) is 11.4. The molecule has 0 radical (unpaired) electrons. The van der Waals surface area contributed by atoms with E-state index in [-0.39, 0.29) is 19.2 Å².